The molecule has 0 saturated heterocycles. The number of alkyl halides is 1. The zero-order valence-electron chi connectivity index (χ0n) is 7.09. The van der Waals surface area contributed by atoms with E-state index >= 15 is 0 Å². The van der Waals surface area contributed by atoms with Crippen molar-refractivity contribution in [1.29, 1.82) is 0 Å². The van der Waals surface area contributed by atoms with E-state index in [1.165, 1.54) is 12.0 Å². The van der Waals surface area contributed by atoms with E-state index in [0.29, 0.717) is 0 Å². The second-order valence-corrected chi connectivity index (χ2v) is 3.39. The van der Waals surface area contributed by atoms with Gasteiger partial charge in [0, 0.05) is 17.2 Å². The van der Waals surface area contributed by atoms with Crippen molar-refractivity contribution >= 4 is 32.9 Å². The van der Waals surface area contributed by atoms with E-state index in [1.807, 2.05) is 13.1 Å². The molecule has 0 atom stereocenters. The van der Waals surface area contributed by atoms with Crippen LogP contribution in [0.5, 0.6) is 0 Å². The average Bonchev–Trinajstić information content (AvgIpc) is 2.04. The summed E-state index contributed by atoms with van der Waals surface area (Å²) >= 11 is 3.40. The van der Waals surface area contributed by atoms with Crippen molar-refractivity contribution < 1.29 is 0 Å². The summed E-state index contributed by atoms with van der Waals surface area (Å²) in [6, 6.07) is 4.20. The first-order chi connectivity index (χ1) is 5.33. The number of rotatable bonds is 3. The SMILES string of the molecule is Br.Cc1ccc(CCCBr)cn1. The highest BCUT2D eigenvalue weighted by atomic mass is 79.9. The average molecular weight is 295 g/mol. The summed E-state index contributed by atoms with van der Waals surface area (Å²) in [4.78, 5) is 4.22. The van der Waals surface area contributed by atoms with E-state index in [4.69, 9.17) is 0 Å². The van der Waals surface area contributed by atoms with Crippen LogP contribution in [0.1, 0.15) is 17.7 Å². The normalized spacial score (nSPS) is 9.17. The van der Waals surface area contributed by atoms with Crippen molar-refractivity contribution in [3.8, 4) is 0 Å². The highest BCUT2D eigenvalue weighted by molar-refractivity contribution is 9.09. The third-order valence-electron chi connectivity index (χ3n) is 1.57. The van der Waals surface area contributed by atoms with Gasteiger partial charge in [0.05, 0.1) is 0 Å². The predicted molar refractivity (Wildman–Crippen MR) is 61.4 cm³/mol. The topological polar surface area (TPSA) is 12.9 Å². The fourth-order valence-corrected chi connectivity index (χ4v) is 1.20. The summed E-state index contributed by atoms with van der Waals surface area (Å²) in [5.74, 6) is 0. The van der Waals surface area contributed by atoms with Gasteiger partial charge in [0.1, 0.15) is 0 Å². The van der Waals surface area contributed by atoms with Crippen molar-refractivity contribution in [3.05, 3.63) is 29.6 Å². The molecule has 0 bridgehead atoms. The molecule has 0 radical (unpaired) electrons. The van der Waals surface area contributed by atoms with Crippen LogP contribution in [0.15, 0.2) is 18.3 Å². The highest BCUT2D eigenvalue weighted by Gasteiger charge is 1.91. The molecule has 0 N–H and O–H groups in total. The maximum Gasteiger partial charge on any atom is 0.0372 e. The van der Waals surface area contributed by atoms with Gasteiger partial charge in [0.2, 0.25) is 0 Å². The molecule has 12 heavy (non-hydrogen) atoms. The van der Waals surface area contributed by atoms with E-state index in [9.17, 15) is 0 Å². The van der Waals surface area contributed by atoms with Gasteiger partial charge in [0.25, 0.3) is 0 Å². The second kappa shape index (κ2) is 6.61. The van der Waals surface area contributed by atoms with E-state index < -0.39 is 0 Å². The van der Waals surface area contributed by atoms with Gasteiger partial charge in [-0.2, -0.15) is 0 Å². The maximum absolute atomic E-state index is 4.22. The lowest BCUT2D eigenvalue weighted by atomic mass is 10.2. The minimum absolute atomic E-state index is 0. The molecule has 0 saturated carbocycles. The fourth-order valence-electron chi connectivity index (χ4n) is 0.917. The Balaban J connectivity index is 0.00000121. The molecule has 1 aromatic rings. The summed E-state index contributed by atoms with van der Waals surface area (Å²) < 4.78 is 0. The van der Waals surface area contributed by atoms with Gasteiger partial charge in [-0.25, -0.2) is 0 Å². The van der Waals surface area contributed by atoms with E-state index in [0.717, 1.165) is 17.4 Å². The highest BCUT2D eigenvalue weighted by Crippen LogP contribution is 2.03. The summed E-state index contributed by atoms with van der Waals surface area (Å²) in [5, 5.41) is 1.07. The van der Waals surface area contributed by atoms with Gasteiger partial charge in [-0.15, -0.1) is 17.0 Å². The lowest BCUT2D eigenvalue weighted by molar-refractivity contribution is 0.926. The molecular formula is C9H13Br2N. The molecule has 0 unspecified atom stereocenters. The summed E-state index contributed by atoms with van der Waals surface area (Å²) in [6.07, 6.45) is 4.27. The van der Waals surface area contributed by atoms with Gasteiger partial charge in [0.15, 0.2) is 0 Å². The molecule has 0 fully saturated rings. The first-order valence-electron chi connectivity index (χ1n) is 3.80. The molecular weight excluding hydrogens is 282 g/mol. The molecule has 3 heteroatoms. The van der Waals surface area contributed by atoms with Crippen LogP contribution >= 0.6 is 32.9 Å². The van der Waals surface area contributed by atoms with Crippen LogP contribution in [-0.4, -0.2) is 10.3 Å². The van der Waals surface area contributed by atoms with Crippen LogP contribution in [0.2, 0.25) is 0 Å². The Hall–Kier alpha value is 0.110. The van der Waals surface area contributed by atoms with Crippen LogP contribution in [0.25, 0.3) is 0 Å². The van der Waals surface area contributed by atoms with Crippen LogP contribution in [0.4, 0.5) is 0 Å². The number of halogens is 2. The Bertz CT molecular complexity index is 208. The minimum Gasteiger partial charge on any atom is -0.261 e. The number of nitrogens with zero attached hydrogens (tertiary/aromatic N) is 1. The number of aryl methyl sites for hydroxylation is 2. The molecule has 1 aromatic heterocycles. The smallest absolute Gasteiger partial charge is 0.0372 e. The Labute approximate surface area is 92.5 Å². The second-order valence-electron chi connectivity index (χ2n) is 2.60. The van der Waals surface area contributed by atoms with Gasteiger partial charge in [-0.3, -0.25) is 4.98 Å². The van der Waals surface area contributed by atoms with Crippen LogP contribution in [0, 0.1) is 6.92 Å². The van der Waals surface area contributed by atoms with Crippen molar-refractivity contribution in [3.63, 3.8) is 0 Å². The lowest BCUT2D eigenvalue weighted by Crippen LogP contribution is -1.88. The third-order valence-corrected chi connectivity index (χ3v) is 2.13. The molecule has 1 nitrogen and oxygen atoms in total. The largest absolute Gasteiger partial charge is 0.261 e. The molecule has 1 heterocycles. The fraction of sp³-hybridized carbons (Fsp3) is 0.444. The van der Waals surface area contributed by atoms with Crippen molar-refractivity contribution in [1.82, 2.24) is 4.98 Å². The Morgan fingerprint density at radius 3 is 2.67 bits per heavy atom. The van der Waals surface area contributed by atoms with Crippen molar-refractivity contribution in [2.24, 2.45) is 0 Å². The number of pyridine rings is 1. The predicted octanol–water partition coefficient (Wildman–Crippen LogP) is 3.30. The first kappa shape index (κ1) is 12.1. The van der Waals surface area contributed by atoms with E-state index in [-0.39, 0.29) is 17.0 Å². The standard InChI is InChI=1S/C9H12BrN.BrH/c1-8-4-5-9(7-11-8)3-2-6-10;/h4-5,7H,2-3,6H2,1H3;1H. The van der Waals surface area contributed by atoms with Gasteiger partial charge >= 0.3 is 0 Å². The maximum atomic E-state index is 4.22. The zero-order chi connectivity index (χ0) is 8.10. The quantitative estimate of drug-likeness (QED) is 0.780. The zero-order valence-corrected chi connectivity index (χ0v) is 10.4. The molecule has 0 aromatic carbocycles. The minimum atomic E-state index is 0. The summed E-state index contributed by atoms with van der Waals surface area (Å²) in [6.45, 7) is 2.01. The van der Waals surface area contributed by atoms with Crippen LogP contribution in [0.3, 0.4) is 0 Å². The third kappa shape index (κ3) is 4.21. The molecule has 1 rings (SSSR count). The molecule has 0 aliphatic rings. The van der Waals surface area contributed by atoms with E-state index in [2.05, 4.69) is 33.0 Å². The number of hydrogen-bond acceptors (Lipinski definition) is 1. The molecule has 0 aliphatic heterocycles. The van der Waals surface area contributed by atoms with Gasteiger partial charge in [-0.1, -0.05) is 22.0 Å². The van der Waals surface area contributed by atoms with E-state index in [1.54, 1.807) is 0 Å². The summed E-state index contributed by atoms with van der Waals surface area (Å²) in [7, 11) is 0. The first-order valence-corrected chi connectivity index (χ1v) is 4.92. The Morgan fingerprint density at radius 2 is 2.17 bits per heavy atom. The number of hydrogen-bond donors (Lipinski definition) is 0. The Morgan fingerprint density at radius 1 is 1.42 bits per heavy atom. The summed E-state index contributed by atoms with van der Waals surface area (Å²) in [5.41, 5.74) is 2.42. The molecule has 0 spiro atoms. The monoisotopic (exact) mass is 293 g/mol. The number of aromatic nitrogens is 1. The van der Waals surface area contributed by atoms with Crippen molar-refractivity contribution in [2.45, 2.75) is 19.8 Å². The van der Waals surface area contributed by atoms with Crippen LogP contribution < -0.4 is 0 Å². The molecule has 0 amide bonds. The van der Waals surface area contributed by atoms with Crippen LogP contribution in [-0.2, 0) is 6.42 Å². The molecule has 0 aliphatic carbocycles. The Kier molecular flexibility index (Phi) is 6.67. The lowest BCUT2D eigenvalue weighted by Gasteiger charge is -1.97. The van der Waals surface area contributed by atoms with Gasteiger partial charge < -0.3 is 0 Å². The van der Waals surface area contributed by atoms with Crippen molar-refractivity contribution in [2.75, 3.05) is 5.33 Å². The van der Waals surface area contributed by atoms with Gasteiger partial charge in [-0.05, 0) is 31.4 Å². The molecule has 68 valence electrons.